The molecule has 180 valence electrons. The van der Waals surface area contributed by atoms with Crippen molar-refractivity contribution in [1.82, 2.24) is 24.9 Å². The molecule has 14 heteroatoms. The van der Waals surface area contributed by atoms with E-state index in [0.717, 1.165) is 0 Å². The Bertz CT molecular complexity index is 1230. The van der Waals surface area contributed by atoms with Crippen LogP contribution in [0.25, 0.3) is 11.2 Å². The summed E-state index contributed by atoms with van der Waals surface area (Å²) in [7, 11) is 0. The molecule has 0 aliphatic carbocycles. The number of nitrogens with one attached hydrogen (secondary N) is 2. The molecule has 9 N–H and O–H groups in total. The number of aromatic nitrogens is 4. The van der Waals surface area contributed by atoms with Gasteiger partial charge in [-0.05, 0) is 19.1 Å². The normalized spacial score (nSPS) is 22.6. The van der Waals surface area contributed by atoms with Crippen LogP contribution in [0.1, 0.15) is 23.5 Å². The number of hydrogen-bond acceptors (Lipinski definition) is 12. The molecule has 0 saturated carbocycles. The summed E-state index contributed by atoms with van der Waals surface area (Å²) in [4.78, 5) is 24.0. The first-order valence-electron chi connectivity index (χ1n) is 10.2. The molecule has 1 saturated heterocycles. The minimum atomic E-state index is -1.38. The fourth-order valence-corrected chi connectivity index (χ4v) is 3.46. The smallest absolute Gasteiger partial charge is 0.252 e. The zero-order chi connectivity index (χ0) is 24.4. The first-order valence-corrected chi connectivity index (χ1v) is 10.2. The molecule has 3 heterocycles. The molecule has 4 rings (SSSR count). The summed E-state index contributed by atoms with van der Waals surface area (Å²) in [6.45, 7) is 1.18. The third-order valence-electron chi connectivity index (χ3n) is 5.16. The molecule has 1 aliphatic rings. The van der Waals surface area contributed by atoms with Gasteiger partial charge in [0.15, 0.2) is 23.2 Å². The predicted octanol–water partition coefficient (Wildman–Crippen LogP) is -1.02. The van der Waals surface area contributed by atoms with E-state index in [1.54, 1.807) is 31.2 Å². The lowest BCUT2D eigenvalue weighted by molar-refractivity contribution is -0.0501. The highest BCUT2D eigenvalue weighted by atomic mass is 16.6. The molecule has 1 amide bonds. The lowest BCUT2D eigenvalue weighted by Gasteiger charge is -2.20. The molecule has 3 aromatic rings. The number of fused-ring (bicyclic) bond motifs is 1. The maximum Gasteiger partial charge on any atom is 0.252 e. The number of aliphatic hydroxyl groups excluding tert-OH is 3. The number of carbonyl (C=O) groups excluding carboxylic acids is 1. The fraction of sp³-hybridized carbons (Fsp3) is 0.300. The van der Waals surface area contributed by atoms with Gasteiger partial charge in [-0.3, -0.25) is 20.2 Å². The molecule has 34 heavy (non-hydrogen) atoms. The summed E-state index contributed by atoms with van der Waals surface area (Å²) in [6, 6.07) is 6.51. The van der Waals surface area contributed by atoms with Crippen molar-refractivity contribution in [2.24, 2.45) is 5.73 Å². The van der Waals surface area contributed by atoms with Crippen molar-refractivity contribution in [2.75, 3.05) is 17.8 Å². The molecule has 0 radical (unpaired) electrons. The molecule has 1 aromatic carbocycles. The molecular formula is C20H24N8O6. The third kappa shape index (κ3) is 4.29. The number of nitrogens with two attached hydrogens (primary N) is 2. The van der Waals surface area contributed by atoms with Crippen LogP contribution < -0.4 is 27.1 Å². The zero-order valence-corrected chi connectivity index (χ0v) is 18.0. The molecular weight excluding hydrogens is 448 g/mol. The van der Waals surface area contributed by atoms with Gasteiger partial charge in [-0.15, -0.1) is 0 Å². The Hall–Kier alpha value is -3.98. The number of aliphatic hydroxyl groups is 3. The minimum Gasteiger partial charge on any atom is -0.462 e. The largest absolute Gasteiger partial charge is 0.462 e. The summed E-state index contributed by atoms with van der Waals surface area (Å²) in [5, 5.41) is 30.1. The van der Waals surface area contributed by atoms with Crippen molar-refractivity contribution in [3.05, 3.63) is 48.1 Å². The van der Waals surface area contributed by atoms with E-state index in [9.17, 15) is 20.1 Å². The van der Waals surface area contributed by atoms with Crippen LogP contribution in [-0.2, 0) is 4.74 Å². The number of hydrogen-bond donors (Lipinski definition) is 7. The van der Waals surface area contributed by atoms with E-state index in [1.807, 2.05) is 0 Å². The number of carbonyl (C=O) groups is 1. The van der Waals surface area contributed by atoms with Crippen molar-refractivity contribution in [3.8, 4) is 5.75 Å². The Morgan fingerprint density at radius 2 is 2.06 bits per heavy atom. The lowest BCUT2D eigenvalue weighted by atomic mass is 10.1. The number of imidazole rings is 1. The first-order chi connectivity index (χ1) is 16.3. The number of nitrogen functional groups attached to an aromatic ring is 1. The van der Waals surface area contributed by atoms with Gasteiger partial charge in [0.25, 0.3) is 5.91 Å². The summed E-state index contributed by atoms with van der Waals surface area (Å²) >= 11 is 0. The molecule has 0 unspecified atom stereocenters. The predicted molar refractivity (Wildman–Crippen MR) is 119 cm³/mol. The highest BCUT2D eigenvalue weighted by Crippen LogP contribution is 2.34. The van der Waals surface area contributed by atoms with Crippen LogP contribution in [-0.4, -0.2) is 65.7 Å². The van der Waals surface area contributed by atoms with E-state index in [2.05, 4.69) is 25.8 Å². The Kier molecular flexibility index (Phi) is 6.47. The number of rotatable bonds is 8. The first kappa shape index (κ1) is 23.2. The molecule has 0 bridgehead atoms. The molecule has 1 fully saturated rings. The van der Waals surface area contributed by atoms with Gasteiger partial charge in [0.05, 0.1) is 17.9 Å². The van der Waals surface area contributed by atoms with Crippen LogP contribution in [0.4, 0.5) is 11.8 Å². The number of ether oxygens (including phenoxy) is 2. The third-order valence-corrected chi connectivity index (χ3v) is 5.16. The van der Waals surface area contributed by atoms with Gasteiger partial charge in [0, 0.05) is 0 Å². The zero-order valence-electron chi connectivity index (χ0n) is 18.0. The Morgan fingerprint density at radius 1 is 1.29 bits per heavy atom. The quantitative estimate of drug-likeness (QED) is 0.155. The summed E-state index contributed by atoms with van der Waals surface area (Å²) in [5.74, 6) is -0.129. The molecule has 4 atom stereocenters. The van der Waals surface area contributed by atoms with E-state index in [0.29, 0.717) is 5.70 Å². The summed E-state index contributed by atoms with van der Waals surface area (Å²) in [5.41, 5.74) is 18.2. The number of anilines is 2. The van der Waals surface area contributed by atoms with E-state index in [-0.39, 0.29) is 34.2 Å². The number of allylic oxidation sites excluding steroid dienone is 1. The Labute approximate surface area is 192 Å². The van der Waals surface area contributed by atoms with Crippen molar-refractivity contribution >= 4 is 28.8 Å². The SMILES string of the molecule is C/C(=C/Oc1ccccc1C(N)=O)NNc1nc2c(N)ncnc2n1[C@H]1O[C@@H](CO)[C@H](O)[C@@H]1O. The van der Waals surface area contributed by atoms with E-state index in [1.165, 1.54) is 17.2 Å². The van der Waals surface area contributed by atoms with Gasteiger partial charge in [0.1, 0.15) is 36.7 Å². The highest BCUT2D eigenvalue weighted by Gasteiger charge is 2.45. The molecule has 1 aliphatic heterocycles. The van der Waals surface area contributed by atoms with Gasteiger partial charge in [-0.1, -0.05) is 12.1 Å². The van der Waals surface area contributed by atoms with Crippen LogP contribution in [0.5, 0.6) is 5.75 Å². The maximum atomic E-state index is 11.5. The van der Waals surface area contributed by atoms with Gasteiger partial charge < -0.3 is 36.3 Å². The summed E-state index contributed by atoms with van der Waals surface area (Å²) in [6.07, 6.45) is -2.26. The van der Waals surface area contributed by atoms with E-state index >= 15 is 0 Å². The Balaban J connectivity index is 1.59. The van der Waals surface area contributed by atoms with Crippen LogP contribution in [0, 0.1) is 0 Å². The van der Waals surface area contributed by atoms with Crippen LogP contribution in [0.15, 0.2) is 42.6 Å². The van der Waals surface area contributed by atoms with Gasteiger partial charge >= 0.3 is 0 Å². The second kappa shape index (κ2) is 9.48. The second-order valence-corrected chi connectivity index (χ2v) is 7.49. The summed E-state index contributed by atoms with van der Waals surface area (Å²) < 4.78 is 12.6. The molecule has 14 nitrogen and oxygen atoms in total. The number of para-hydroxylation sites is 1. The Morgan fingerprint density at radius 3 is 2.76 bits per heavy atom. The number of nitrogens with zero attached hydrogens (tertiary/aromatic N) is 4. The van der Waals surface area contributed by atoms with Crippen molar-refractivity contribution in [1.29, 1.82) is 0 Å². The molecule has 2 aromatic heterocycles. The fourth-order valence-electron chi connectivity index (χ4n) is 3.46. The van der Waals surface area contributed by atoms with Crippen molar-refractivity contribution < 1.29 is 29.6 Å². The highest BCUT2D eigenvalue weighted by molar-refractivity contribution is 5.95. The van der Waals surface area contributed by atoms with Gasteiger partial charge in [-0.25, -0.2) is 15.0 Å². The van der Waals surface area contributed by atoms with Crippen LogP contribution in [0.3, 0.4) is 0 Å². The average Bonchev–Trinajstić information content (AvgIpc) is 3.34. The number of hydrazine groups is 1. The van der Waals surface area contributed by atoms with E-state index < -0.39 is 37.1 Å². The monoisotopic (exact) mass is 472 g/mol. The minimum absolute atomic E-state index is 0.0946. The van der Waals surface area contributed by atoms with Gasteiger partial charge in [-0.2, -0.15) is 0 Å². The standard InChI is InChI=1S/C20H24N8O6/c1-9(7-33-11-5-3-2-4-10(11)17(22)32)26-27-20-25-13-16(21)23-8-24-18(13)28(20)19-15(31)14(30)12(6-29)34-19/h2-5,7-8,12,14-15,19,26,29-31H,6H2,1H3,(H2,22,32)(H,25,27)(H2,21,23,24)/b9-7-/t12-,14-,15-,19-/m0/s1. The van der Waals surface area contributed by atoms with E-state index in [4.69, 9.17) is 20.9 Å². The number of primary amides is 1. The van der Waals surface area contributed by atoms with Crippen molar-refractivity contribution in [2.45, 2.75) is 31.5 Å². The maximum absolute atomic E-state index is 11.5. The van der Waals surface area contributed by atoms with Crippen molar-refractivity contribution in [3.63, 3.8) is 0 Å². The topological polar surface area (TPSA) is 216 Å². The van der Waals surface area contributed by atoms with Crippen LogP contribution >= 0.6 is 0 Å². The lowest BCUT2D eigenvalue weighted by Crippen LogP contribution is -2.33. The molecule has 0 spiro atoms. The van der Waals surface area contributed by atoms with Crippen LogP contribution in [0.2, 0.25) is 0 Å². The number of benzene rings is 1. The second-order valence-electron chi connectivity index (χ2n) is 7.49. The van der Waals surface area contributed by atoms with Gasteiger partial charge in [0.2, 0.25) is 5.95 Å². The number of amides is 1. The average molecular weight is 472 g/mol.